The van der Waals surface area contributed by atoms with Gasteiger partial charge in [0.25, 0.3) is 5.91 Å². The van der Waals surface area contributed by atoms with E-state index >= 15 is 0 Å². The fraction of sp³-hybridized carbons (Fsp3) is 0.333. The molecule has 1 aromatic carbocycles. The molecular weight excluding hydrogens is 292 g/mol. The predicted octanol–water partition coefficient (Wildman–Crippen LogP) is 0.580. The van der Waals surface area contributed by atoms with Gasteiger partial charge in [-0.15, -0.1) is 12.4 Å². The van der Waals surface area contributed by atoms with Gasteiger partial charge >= 0.3 is 0 Å². The molecule has 4 N–H and O–H groups in total. The molecule has 1 atom stereocenters. The number of carbonyl (C=O) groups excluding carboxylic acids is 2. The lowest BCUT2D eigenvalue weighted by Crippen LogP contribution is -2.42. The van der Waals surface area contributed by atoms with Crippen LogP contribution in [-0.2, 0) is 4.79 Å². The van der Waals surface area contributed by atoms with Crippen LogP contribution in [-0.4, -0.2) is 30.9 Å². The SMILES string of the molecule is C[C@@H](N)C(=O)NCCNC(=O)c1c(F)cccc1F.Cl. The van der Waals surface area contributed by atoms with Crippen LogP contribution in [0, 0.1) is 11.6 Å². The largest absolute Gasteiger partial charge is 0.353 e. The molecule has 0 unspecified atom stereocenters. The van der Waals surface area contributed by atoms with E-state index in [-0.39, 0.29) is 31.4 Å². The third kappa shape index (κ3) is 5.10. The summed E-state index contributed by atoms with van der Waals surface area (Å²) in [5.41, 5.74) is 4.67. The minimum Gasteiger partial charge on any atom is -0.353 e. The van der Waals surface area contributed by atoms with Crippen molar-refractivity contribution in [3.63, 3.8) is 0 Å². The Morgan fingerprint density at radius 2 is 1.70 bits per heavy atom. The number of halogens is 3. The zero-order valence-corrected chi connectivity index (χ0v) is 11.6. The molecule has 5 nitrogen and oxygen atoms in total. The van der Waals surface area contributed by atoms with Crippen molar-refractivity contribution >= 4 is 24.2 Å². The maximum atomic E-state index is 13.3. The minimum atomic E-state index is -0.933. The van der Waals surface area contributed by atoms with E-state index in [1.165, 1.54) is 13.0 Å². The molecule has 0 spiro atoms. The van der Waals surface area contributed by atoms with Gasteiger partial charge in [0.2, 0.25) is 5.91 Å². The van der Waals surface area contributed by atoms with Crippen LogP contribution in [0.2, 0.25) is 0 Å². The third-order valence-corrected chi connectivity index (χ3v) is 2.31. The van der Waals surface area contributed by atoms with Gasteiger partial charge in [-0.3, -0.25) is 9.59 Å². The lowest BCUT2D eigenvalue weighted by Gasteiger charge is -2.09. The molecule has 112 valence electrons. The fourth-order valence-corrected chi connectivity index (χ4v) is 1.33. The summed E-state index contributed by atoms with van der Waals surface area (Å²) in [5, 5.41) is 4.75. The average molecular weight is 308 g/mol. The fourth-order valence-electron chi connectivity index (χ4n) is 1.33. The van der Waals surface area contributed by atoms with Crippen molar-refractivity contribution < 1.29 is 18.4 Å². The first kappa shape index (κ1) is 18.3. The zero-order chi connectivity index (χ0) is 14.4. The van der Waals surface area contributed by atoms with Gasteiger partial charge in [-0.1, -0.05) is 6.07 Å². The van der Waals surface area contributed by atoms with Gasteiger partial charge < -0.3 is 16.4 Å². The van der Waals surface area contributed by atoms with Crippen LogP contribution >= 0.6 is 12.4 Å². The Kier molecular flexibility index (Phi) is 7.71. The van der Waals surface area contributed by atoms with Gasteiger partial charge in [0.1, 0.15) is 17.2 Å². The summed E-state index contributed by atoms with van der Waals surface area (Å²) in [5.74, 6) is -3.11. The molecule has 1 rings (SSSR count). The Labute approximate surface area is 121 Å². The molecule has 2 amide bonds. The lowest BCUT2D eigenvalue weighted by atomic mass is 10.2. The normalized spacial score (nSPS) is 11.2. The van der Waals surface area contributed by atoms with Crippen molar-refractivity contribution in [2.75, 3.05) is 13.1 Å². The number of rotatable bonds is 5. The number of nitrogens with two attached hydrogens (primary N) is 1. The van der Waals surface area contributed by atoms with E-state index in [1.54, 1.807) is 0 Å². The Morgan fingerprint density at radius 3 is 2.20 bits per heavy atom. The van der Waals surface area contributed by atoms with Crippen LogP contribution in [0.25, 0.3) is 0 Å². The number of hydrogen-bond acceptors (Lipinski definition) is 3. The molecule has 0 aromatic heterocycles. The zero-order valence-electron chi connectivity index (χ0n) is 10.8. The summed E-state index contributed by atoms with van der Waals surface area (Å²) in [7, 11) is 0. The summed E-state index contributed by atoms with van der Waals surface area (Å²) in [6.45, 7) is 1.69. The van der Waals surface area contributed by atoms with Crippen molar-refractivity contribution in [1.29, 1.82) is 0 Å². The summed E-state index contributed by atoms with van der Waals surface area (Å²) < 4.78 is 26.5. The van der Waals surface area contributed by atoms with Crippen molar-refractivity contribution in [3.05, 3.63) is 35.4 Å². The van der Waals surface area contributed by atoms with Crippen LogP contribution in [0.5, 0.6) is 0 Å². The van der Waals surface area contributed by atoms with Crippen LogP contribution < -0.4 is 16.4 Å². The minimum absolute atomic E-state index is 0. The van der Waals surface area contributed by atoms with E-state index in [9.17, 15) is 18.4 Å². The maximum absolute atomic E-state index is 13.3. The molecule has 0 fully saturated rings. The van der Waals surface area contributed by atoms with Gasteiger partial charge in [0.05, 0.1) is 6.04 Å². The van der Waals surface area contributed by atoms with Crippen molar-refractivity contribution in [2.24, 2.45) is 5.73 Å². The molecule has 0 aliphatic heterocycles. The highest BCUT2D eigenvalue weighted by molar-refractivity contribution is 5.94. The number of amides is 2. The summed E-state index contributed by atoms with van der Waals surface area (Å²) >= 11 is 0. The first-order valence-corrected chi connectivity index (χ1v) is 5.69. The monoisotopic (exact) mass is 307 g/mol. The van der Waals surface area contributed by atoms with Gasteiger partial charge in [-0.05, 0) is 19.1 Å². The Hall–Kier alpha value is -1.73. The molecule has 0 heterocycles. The van der Waals surface area contributed by atoms with E-state index in [0.717, 1.165) is 12.1 Å². The van der Waals surface area contributed by atoms with Crippen molar-refractivity contribution in [2.45, 2.75) is 13.0 Å². The number of nitrogens with one attached hydrogen (secondary N) is 2. The number of carbonyl (C=O) groups is 2. The first-order valence-electron chi connectivity index (χ1n) is 5.69. The standard InChI is InChI=1S/C12H15F2N3O2.ClH/c1-7(15)11(18)16-5-6-17-12(19)10-8(13)3-2-4-9(10)14;/h2-4,7H,5-6,15H2,1H3,(H,16,18)(H,17,19);1H/t7-;/m1./s1. The molecule has 0 saturated heterocycles. The average Bonchev–Trinajstić information content (AvgIpc) is 2.34. The molecular formula is C12H16ClF2N3O2. The van der Waals surface area contributed by atoms with E-state index in [0.29, 0.717) is 0 Å². The van der Waals surface area contributed by atoms with Crippen LogP contribution in [0.3, 0.4) is 0 Å². The number of hydrogen-bond donors (Lipinski definition) is 3. The second-order valence-corrected chi connectivity index (χ2v) is 3.93. The second kappa shape index (κ2) is 8.44. The van der Waals surface area contributed by atoms with Crippen molar-refractivity contribution in [1.82, 2.24) is 10.6 Å². The molecule has 0 aliphatic rings. The second-order valence-electron chi connectivity index (χ2n) is 3.93. The van der Waals surface area contributed by atoms with Gasteiger partial charge in [0.15, 0.2) is 0 Å². The van der Waals surface area contributed by atoms with Gasteiger partial charge in [-0.2, -0.15) is 0 Å². The first-order chi connectivity index (χ1) is 8.93. The Balaban J connectivity index is 0.00000361. The molecule has 1 aromatic rings. The Morgan fingerprint density at radius 1 is 1.20 bits per heavy atom. The molecule has 0 radical (unpaired) electrons. The van der Waals surface area contributed by atoms with Crippen LogP contribution in [0.15, 0.2) is 18.2 Å². The highest BCUT2D eigenvalue weighted by Crippen LogP contribution is 2.11. The summed E-state index contributed by atoms with van der Waals surface area (Å²) in [4.78, 5) is 22.6. The van der Waals surface area contributed by atoms with E-state index in [2.05, 4.69) is 10.6 Å². The Bertz CT molecular complexity index is 464. The van der Waals surface area contributed by atoms with Crippen LogP contribution in [0.1, 0.15) is 17.3 Å². The highest BCUT2D eigenvalue weighted by atomic mass is 35.5. The molecule has 0 bridgehead atoms. The smallest absolute Gasteiger partial charge is 0.257 e. The quantitative estimate of drug-likeness (QED) is 0.696. The molecule has 8 heteroatoms. The van der Waals surface area contributed by atoms with Gasteiger partial charge in [0, 0.05) is 13.1 Å². The van der Waals surface area contributed by atoms with Gasteiger partial charge in [-0.25, -0.2) is 8.78 Å². The van der Waals surface area contributed by atoms with E-state index < -0.39 is 29.1 Å². The van der Waals surface area contributed by atoms with E-state index in [1.807, 2.05) is 0 Å². The molecule has 0 aliphatic carbocycles. The molecule has 0 saturated carbocycles. The predicted molar refractivity (Wildman–Crippen MR) is 72.6 cm³/mol. The maximum Gasteiger partial charge on any atom is 0.257 e. The topological polar surface area (TPSA) is 84.2 Å². The summed E-state index contributed by atoms with van der Waals surface area (Å²) in [6.07, 6.45) is 0. The van der Waals surface area contributed by atoms with Crippen molar-refractivity contribution in [3.8, 4) is 0 Å². The molecule has 20 heavy (non-hydrogen) atoms. The summed E-state index contributed by atoms with van der Waals surface area (Å²) in [6, 6.07) is 2.51. The number of benzene rings is 1. The van der Waals surface area contributed by atoms with E-state index in [4.69, 9.17) is 5.73 Å². The lowest BCUT2D eigenvalue weighted by molar-refractivity contribution is -0.121. The highest BCUT2D eigenvalue weighted by Gasteiger charge is 2.16. The van der Waals surface area contributed by atoms with Crippen LogP contribution in [0.4, 0.5) is 8.78 Å². The third-order valence-electron chi connectivity index (χ3n) is 2.31.